The highest BCUT2D eigenvalue weighted by Crippen LogP contribution is 2.31. The molecule has 0 spiro atoms. The molecule has 0 aliphatic rings. The third-order valence-electron chi connectivity index (χ3n) is 1.57. The van der Waals surface area contributed by atoms with Crippen LogP contribution in [0.25, 0.3) is 0 Å². The first-order valence-electron chi connectivity index (χ1n) is 3.66. The fourth-order valence-electron chi connectivity index (χ4n) is 1.02. The van der Waals surface area contributed by atoms with Gasteiger partial charge in [0.05, 0.1) is 5.56 Å². The average molecular weight is 187 g/mol. The Morgan fingerprint density at radius 3 is 2.69 bits per heavy atom. The van der Waals surface area contributed by atoms with Crippen LogP contribution in [0.4, 0.5) is 13.2 Å². The van der Waals surface area contributed by atoms with Crippen LogP contribution < -0.4 is 0 Å². The number of halogens is 3. The molecule has 4 heteroatoms. The Balaban J connectivity index is 3.11. The number of nitrogens with zero attached hydrogens (tertiary/aromatic N) is 1. The minimum atomic E-state index is -4.30. The number of hydrogen-bond donors (Lipinski definition) is 0. The molecule has 1 rings (SSSR count). The van der Waals surface area contributed by atoms with Gasteiger partial charge in [0, 0.05) is 12.4 Å². The van der Waals surface area contributed by atoms with Gasteiger partial charge in [-0.2, -0.15) is 13.2 Å². The molecule has 70 valence electrons. The van der Waals surface area contributed by atoms with E-state index in [4.69, 9.17) is 0 Å². The number of rotatable bonds is 2. The summed E-state index contributed by atoms with van der Waals surface area (Å²) in [5.74, 6) is 0. The van der Waals surface area contributed by atoms with E-state index in [1.807, 2.05) is 0 Å². The highest BCUT2D eigenvalue weighted by atomic mass is 19.4. The molecule has 13 heavy (non-hydrogen) atoms. The molecule has 1 aromatic rings. The Labute approximate surface area is 73.9 Å². The average Bonchev–Trinajstić information content (AvgIpc) is 2.04. The normalized spacial score (nSPS) is 11.3. The lowest BCUT2D eigenvalue weighted by atomic mass is 10.1. The number of pyridine rings is 1. The smallest absolute Gasteiger partial charge is 0.264 e. The van der Waals surface area contributed by atoms with Crippen LogP contribution in [0.3, 0.4) is 0 Å². The van der Waals surface area contributed by atoms with Gasteiger partial charge in [0.25, 0.3) is 0 Å². The molecular formula is C9H8F3N. The third-order valence-corrected chi connectivity index (χ3v) is 1.57. The standard InChI is InChI=1S/C9H8F3N/c1-2-3-7-6-13-5-4-8(7)9(10,11)12/h2,4-6H,1,3H2. The molecule has 0 bridgehead atoms. The van der Waals surface area contributed by atoms with Gasteiger partial charge in [0.15, 0.2) is 0 Å². The lowest BCUT2D eigenvalue weighted by Gasteiger charge is -2.09. The fraction of sp³-hybridized carbons (Fsp3) is 0.222. The van der Waals surface area contributed by atoms with Gasteiger partial charge in [0.1, 0.15) is 0 Å². The third kappa shape index (κ3) is 2.31. The Kier molecular flexibility index (Phi) is 2.70. The van der Waals surface area contributed by atoms with Gasteiger partial charge in [-0.05, 0) is 18.1 Å². The van der Waals surface area contributed by atoms with Gasteiger partial charge < -0.3 is 0 Å². The molecule has 0 amide bonds. The zero-order valence-corrected chi connectivity index (χ0v) is 6.80. The van der Waals surface area contributed by atoms with Gasteiger partial charge in [-0.3, -0.25) is 4.98 Å². The van der Waals surface area contributed by atoms with Crippen molar-refractivity contribution in [2.45, 2.75) is 12.6 Å². The zero-order valence-electron chi connectivity index (χ0n) is 6.80. The Hall–Kier alpha value is -1.32. The summed E-state index contributed by atoms with van der Waals surface area (Å²) in [7, 11) is 0. The van der Waals surface area contributed by atoms with Crippen LogP contribution >= 0.6 is 0 Å². The molecule has 0 saturated carbocycles. The van der Waals surface area contributed by atoms with E-state index < -0.39 is 11.7 Å². The van der Waals surface area contributed by atoms with Crippen molar-refractivity contribution in [2.24, 2.45) is 0 Å². The van der Waals surface area contributed by atoms with Crippen molar-refractivity contribution in [3.8, 4) is 0 Å². The molecule has 0 radical (unpaired) electrons. The van der Waals surface area contributed by atoms with Crippen molar-refractivity contribution in [2.75, 3.05) is 0 Å². The van der Waals surface area contributed by atoms with Crippen molar-refractivity contribution in [3.05, 3.63) is 42.2 Å². The second-order valence-corrected chi connectivity index (χ2v) is 2.52. The Morgan fingerprint density at radius 1 is 1.46 bits per heavy atom. The van der Waals surface area contributed by atoms with Crippen LogP contribution in [0, 0.1) is 0 Å². The minimum absolute atomic E-state index is 0.157. The number of hydrogen-bond acceptors (Lipinski definition) is 1. The molecule has 0 aliphatic heterocycles. The first-order chi connectivity index (χ1) is 6.05. The molecule has 1 nitrogen and oxygen atoms in total. The maximum absolute atomic E-state index is 12.3. The lowest BCUT2D eigenvalue weighted by Crippen LogP contribution is -2.08. The van der Waals surface area contributed by atoms with Gasteiger partial charge in [-0.15, -0.1) is 6.58 Å². The monoisotopic (exact) mass is 187 g/mol. The van der Waals surface area contributed by atoms with E-state index in [0.29, 0.717) is 0 Å². The summed E-state index contributed by atoms with van der Waals surface area (Å²) in [6.45, 7) is 3.38. The topological polar surface area (TPSA) is 12.9 Å². The summed E-state index contributed by atoms with van der Waals surface area (Å²) in [5.41, 5.74) is -0.479. The molecule has 0 aromatic carbocycles. The van der Waals surface area contributed by atoms with Crippen molar-refractivity contribution < 1.29 is 13.2 Å². The summed E-state index contributed by atoms with van der Waals surface area (Å²) in [5, 5.41) is 0. The zero-order chi connectivity index (χ0) is 9.90. The van der Waals surface area contributed by atoms with Crippen LogP contribution in [0.15, 0.2) is 31.1 Å². The Morgan fingerprint density at radius 2 is 2.15 bits per heavy atom. The second-order valence-electron chi connectivity index (χ2n) is 2.52. The van der Waals surface area contributed by atoms with Crippen LogP contribution in [-0.4, -0.2) is 4.98 Å². The second kappa shape index (κ2) is 3.60. The summed E-state index contributed by atoms with van der Waals surface area (Å²) >= 11 is 0. The number of alkyl halides is 3. The van der Waals surface area contributed by atoms with E-state index in [0.717, 1.165) is 12.3 Å². The maximum atomic E-state index is 12.3. The Bertz CT molecular complexity index is 304. The predicted octanol–water partition coefficient (Wildman–Crippen LogP) is 2.83. The van der Waals surface area contributed by atoms with Crippen molar-refractivity contribution in [1.29, 1.82) is 0 Å². The molecular weight excluding hydrogens is 179 g/mol. The van der Waals surface area contributed by atoms with E-state index in [-0.39, 0.29) is 12.0 Å². The molecule has 0 saturated heterocycles. The predicted molar refractivity (Wildman–Crippen MR) is 43.1 cm³/mol. The lowest BCUT2D eigenvalue weighted by molar-refractivity contribution is -0.138. The molecule has 0 atom stereocenters. The fourth-order valence-corrected chi connectivity index (χ4v) is 1.02. The molecule has 1 heterocycles. The van der Waals surface area contributed by atoms with Crippen molar-refractivity contribution in [3.63, 3.8) is 0 Å². The largest absolute Gasteiger partial charge is 0.416 e. The number of aromatic nitrogens is 1. The first kappa shape index (κ1) is 9.77. The molecule has 0 N–H and O–H groups in total. The van der Waals surface area contributed by atoms with Gasteiger partial charge in [-0.1, -0.05) is 6.08 Å². The van der Waals surface area contributed by atoms with Gasteiger partial charge in [0.2, 0.25) is 0 Å². The van der Waals surface area contributed by atoms with E-state index in [9.17, 15) is 13.2 Å². The molecule has 0 aliphatic carbocycles. The van der Waals surface area contributed by atoms with E-state index in [1.165, 1.54) is 12.3 Å². The van der Waals surface area contributed by atoms with Crippen LogP contribution in [0.5, 0.6) is 0 Å². The first-order valence-corrected chi connectivity index (χ1v) is 3.66. The van der Waals surface area contributed by atoms with Gasteiger partial charge in [-0.25, -0.2) is 0 Å². The van der Waals surface area contributed by atoms with E-state index in [2.05, 4.69) is 11.6 Å². The highest BCUT2D eigenvalue weighted by Gasteiger charge is 2.32. The van der Waals surface area contributed by atoms with E-state index >= 15 is 0 Å². The van der Waals surface area contributed by atoms with Crippen LogP contribution in [-0.2, 0) is 12.6 Å². The van der Waals surface area contributed by atoms with Crippen molar-refractivity contribution in [1.82, 2.24) is 4.98 Å². The van der Waals surface area contributed by atoms with E-state index in [1.54, 1.807) is 0 Å². The van der Waals surface area contributed by atoms with Crippen LogP contribution in [0.1, 0.15) is 11.1 Å². The molecule has 0 fully saturated rings. The van der Waals surface area contributed by atoms with Crippen LogP contribution in [0.2, 0.25) is 0 Å². The SMILES string of the molecule is C=CCc1cnccc1C(F)(F)F. The minimum Gasteiger partial charge on any atom is -0.264 e. The number of allylic oxidation sites excluding steroid dienone is 1. The highest BCUT2D eigenvalue weighted by molar-refractivity contribution is 5.27. The molecule has 0 unspecified atom stereocenters. The van der Waals surface area contributed by atoms with Crippen molar-refractivity contribution >= 4 is 0 Å². The summed E-state index contributed by atoms with van der Waals surface area (Å²) in [4.78, 5) is 3.63. The quantitative estimate of drug-likeness (QED) is 0.649. The maximum Gasteiger partial charge on any atom is 0.416 e. The van der Waals surface area contributed by atoms with Gasteiger partial charge >= 0.3 is 6.18 Å². The summed E-state index contributed by atoms with van der Waals surface area (Å²) in [6, 6.07) is 0.971. The summed E-state index contributed by atoms with van der Waals surface area (Å²) < 4.78 is 36.9. The summed E-state index contributed by atoms with van der Waals surface area (Å²) in [6.07, 6.45) is -0.351. The molecule has 1 aromatic heterocycles.